The summed E-state index contributed by atoms with van der Waals surface area (Å²) >= 11 is 0. The highest BCUT2D eigenvalue weighted by molar-refractivity contribution is 5.63. The molecule has 18 heavy (non-hydrogen) atoms. The molecule has 1 aromatic heterocycles. The highest BCUT2D eigenvalue weighted by Crippen LogP contribution is 2.27. The number of ether oxygens (including phenoxy) is 1. The van der Waals surface area contributed by atoms with Gasteiger partial charge in [-0.05, 0) is 31.5 Å². The lowest BCUT2D eigenvalue weighted by molar-refractivity contribution is 0.374. The van der Waals surface area contributed by atoms with Gasteiger partial charge in [-0.3, -0.25) is 0 Å². The van der Waals surface area contributed by atoms with Crippen LogP contribution in [0.5, 0.6) is 5.75 Å². The van der Waals surface area contributed by atoms with E-state index in [1.165, 1.54) is 0 Å². The zero-order valence-electron chi connectivity index (χ0n) is 10.4. The summed E-state index contributed by atoms with van der Waals surface area (Å²) in [6, 6.07) is 7.61. The van der Waals surface area contributed by atoms with Gasteiger partial charge in [0.15, 0.2) is 0 Å². The van der Waals surface area contributed by atoms with Crippen LogP contribution in [0.3, 0.4) is 0 Å². The molecule has 0 fully saturated rings. The Morgan fingerprint density at radius 2 is 2.11 bits per heavy atom. The smallest absolute Gasteiger partial charge is 0.226 e. The summed E-state index contributed by atoms with van der Waals surface area (Å²) < 4.78 is 10.5. The summed E-state index contributed by atoms with van der Waals surface area (Å²) in [6.45, 7) is 0.688. The van der Waals surface area contributed by atoms with Crippen molar-refractivity contribution in [2.75, 3.05) is 13.7 Å². The summed E-state index contributed by atoms with van der Waals surface area (Å²) in [7, 11) is 1.63. The standard InChI is InChI=1S/C13H17N3O2/c1-17-11-7-3-2-6-10(11)13-15-12(18-16-13)8-4-5-9-14/h2-3,6-7H,4-5,8-9,14H2,1H3. The maximum Gasteiger partial charge on any atom is 0.226 e. The van der Waals surface area contributed by atoms with Crippen LogP contribution in [0.1, 0.15) is 18.7 Å². The van der Waals surface area contributed by atoms with Crippen molar-refractivity contribution >= 4 is 0 Å². The normalized spacial score (nSPS) is 10.6. The fourth-order valence-corrected chi connectivity index (χ4v) is 1.72. The molecule has 0 spiro atoms. The highest BCUT2D eigenvalue weighted by atomic mass is 16.5. The van der Waals surface area contributed by atoms with E-state index >= 15 is 0 Å². The van der Waals surface area contributed by atoms with Gasteiger partial charge in [-0.1, -0.05) is 17.3 Å². The summed E-state index contributed by atoms with van der Waals surface area (Å²) in [5.74, 6) is 1.95. The molecular formula is C13H17N3O2. The number of aryl methyl sites for hydroxylation is 1. The van der Waals surface area contributed by atoms with E-state index in [1.807, 2.05) is 24.3 Å². The molecule has 2 N–H and O–H groups in total. The number of aromatic nitrogens is 2. The Hall–Kier alpha value is -1.88. The van der Waals surface area contributed by atoms with E-state index in [-0.39, 0.29) is 0 Å². The number of unbranched alkanes of at least 4 members (excludes halogenated alkanes) is 1. The lowest BCUT2D eigenvalue weighted by Gasteiger charge is -2.02. The Labute approximate surface area is 106 Å². The lowest BCUT2D eigenvalue weighted by Crippen LogP contribution is -1.99. The molecule has 0 saturated carbocycles. The minimum atomic E-state index is 0.565. The average Bonchev–Trinajstić information content (AvgIpc) is 2.88. The summed E-state index contributed by atoms with van der Waals surface area (Å²) in [6.07, 6.45) is 2.69. The first-order chi connectivity index (χ1) is 8.85. The van der Waals surface area contributed by atoms with Crippen LogP contribution in [0.25, 0.3) is 11.4 Å². The zero-order chi connectivity index (χ0) is 12.8. The van der Waals surface area contributed by atoms with Gasteiger partial charge in [0.2, 0.25) is 11.7 Å². The largest absolute Gasteiger partial charge is 0.496 e. The number of methoxy groups -OCH3 is 1. The van der Waals surface area contributed by atoms with E-state index in [4.69, 9.17) is 15.0 Å². The van der Waals surface area contributed by atoms with Gasteiger partial charge in [-0.25, -0.2) is 0 Å². The SMILES string of the molecule is COc1ccccc1-c1noc(CCCCN)n1. The lowest BCUT2D eigenvalue weighted by atomic mass is 10.2. The number of nitrogens with zero attached hydrogens (tertiary/aromatic N) is 2. The van der Waals surface area contributed by atoms with E-state index < -0.39 is 0 Å². The van der Waals surface area contributed by atoms with Gasteiger partial charge in [0.05, 0.1) is 12.7 Å². The highest BCUT2D eigenvalue weighted by Gasteiger charge is 2.12. The molecule has 2 aromatic rings. The van der Waals surface area contributed by atoms with E-state index in [1.54, 1.807) is 7.11 Å². The van der Waals surface area contributed by atoms with Crippen molar-refractivity contribution in [2.24, 2.45) is 5.73 Å². The van der Waals surface area contributed by atoms with Crippen LogP contribution in [0.2, 0.25) is 0 Å². The van der Waals surface area contributed by atoms with Gasteiger partial charge >= 0.3 is 0 Å². The number of hydrogen-bond acceptors (Lipinski definition) is 5. The van der Waals surface area contributed by atoms with Gasteiger partial charge in [0, 0.05) is 6.42 Å². The molecule has 0 atom stereocenters. The number of nitrogens with two attached hydrogens (primary N) is 1. The summed E-state index contributed by atoms with van der Waals surface area (Å²) in [4.78, 5) is 4.36. The van der Waals surface area contributed by atoms with Gasteiger partial charge in [0.1, 0.15) is 5.75 Å². The molecule has 0 aliphatic carbocycles. The predicted molar refractivity (Wildman–Crippen MR) is 68.3 cm³/mol. The number of hydrogen-bond donors (Lipinski definition) is 1. The van der Waals surface area contributed by atoms with Crippen molar-refractivity contribution in [1.29, 1.82) is 0 Å². The molecule has 1 aromatic carbocycles. The van der Waals surface area contributed by atoms with Gasteiger partial charge in [0.25, 0.3) is 0 Å². The molecule has 1 heterocycles. The van der Waals surface area contributed by atoms with Crippen molar-refractivity contribution in [3.63, 3.8) is 0 Å². The minimum Gasteiger partial charge on any atom is -0.496 e. The van der Waals surface area contributed by atoms with Crippen molar-refractivity contribution in [1.82, 2.24) is 10.1 Å². The second kappa shape index (κ2) is 6.16. The van der Waals surface area contributed by atoms with Crippen molar-refractivity contribution in [3.05, 3.63) is 30.2 Å². The first-order valence-electron chi connectivity index (χ1n) is 6.01. The Morgan fingerprint density at radius 3 is 2.89 bits per heavy atom. The molecule has 2 rings (SSSR count). The minimum absolute atomic E-state index is 0.565. The molecule has 96 valence electrons. The van der Waals surface area contributed by atoms with Crippen LogP contribution >= 0.6 is 0 Å². The molecule has 0 amide bonds. The molecule has 5 heteroatoms. The molecule has 0 saturated heterocycles. The van der Waals surface area contributed by atoms with Crippen LogP contribution < -0.4 is 10.5 Å². The second-order valence-electron chi connectivity index (χ2n) is 3.96. The Balaban J connectivity index is 2.13. The third-order valence-electron chi connectivity index (χ3n) is 2.66. The summed E-state index contributed by atoms with van der Waals surface area (Å²) in [5.41, 5.74) is 6.29. The van der Waals surface area contributed by atoms with Crippen LogP contribution in [0.4, 0.5) is 0 Å². The molecule has 0 unspecified atom stereocenters. The Kier molecular flexibility index (Phi) is 4.30. The van der Waals surface area contributed by atoms with Gasteiger partial charge in [-0.15, -0.1) is 0 Å². The fraction of sp³-hybridized carbons (Fsp3) is 0.385. The molecule has 0 bridgehead atoms. The first kappa shape index (κ1) is 12.6. The van der Waals surface area contributed by atoms with Crippen LogP contribution in [0.15, 0.2) is 28.8 Å². The Morgan fingerprint density at radius 1 is 1.28 bits per heavy atom. The number of benzene rings is 1. The first-order valence-corrected chi connectivity index (χ1v) is 6.01. The van der Waals surface area contributed by atoms with Gasteiger partial charge < -0.3 is 15.0 Å². The maximum absolute atomic E-state index is 5.44. The molecule has 0 radical (unpaired) electrons. The van der Waals surface area contributed by atoms with Crippen molar-refractivity contribution in [3.8, 4) is 17.1 Å². The average molecular weight is 247 g/mol. The Bertz CT molecular complexity index is 496. The van der Waals surface area contributed by atoms with Gasteiger partial charge in [-0.2, -0.15) is 4.98 Å². The third-order valence-corrected chi connectivity index (χ3v) is 2.66. The maximum atomic E-state index is 5.44. The van der Waals surface area contributed by atoms with E-state index in [0.717, 1.165) is 30.6 Å². The molecular weight excluding hydrogens is 230 g/mol. The van der Waals surface area contributed by atoms with Crippen LogP contribution in [0, 0.1) is 0 Å². The number of para-hydroxylation sites is 1. The zero-order valence-corrected chi connectivity index (χ0v) is 10.4. The number of rotatable bonds is 6. The molecule has 5 nitrogen and oxygen atoms in total. The van der Waals surface area contributed by atoms with Crippen molar-refractivity contribution < 1.29 is 9.26 Å². The van der Waals surface area contributed by atoms with E-state index in [0.29, 0.717) is 18.3 Å². The van der Waals surface area contributed by atoms with E-state index in [2.05, 4.69) is 10.1 Å². The fourth-order valence-electron chi connectivity index (χ4n) is 1.72. The quantitative estimate of drug-likeness (QED) is 0.790. The molecule has 0 aliphatic rings. The third kappa shape index (κ3) is 2.87. The topological polar surface area (TPSA) is 74.2 Å². The summed E-state index contributed by atoms with van der Waals surface area (Å²) in [5, 5.41) is 3.98. The monoisotopic (exact) mass is 247 g/mol. The van der Waals surface area contributed by atoms with E-state index in [9.17, 15) is 0 Å². The van der Waals surface area contributed by atoms with Crippen LogP contribution in [-0.4, -0.2) is 23.8 Å². The van der Waals surface area contributed by atoms with Crippen LogP contribution in [-0.2, 0) is 6.42 Å². The van der Waals surface area contributed by atoms with Crippen molar-refractivity contribution in [2.45, 2.75) is 19.3 Å². The molecule has 0 aliphatic heterocycles. The predicted octanol–water partition coefficient (Wildman–Crippen LogP) is 2.03. The second-order valence-corrected chi connectivity index (χ2v) is 3.96.